The predicted octanol–water partition coefficient (Wildman–Crippen LogP) is 2.58. The molecule has 0 spiro atoms. The fourth-order valence-corrected chi connectivity index (χ4v) is 4.36. The molecule has 3 aromatic rings. The maximum Gasteiger partial charge on any atom is 0.273 e. The lowest BCUT2D eigenvalue weighted by atomic mass is 10.1. The van der Waals surface area contributed by atoms with Gasteiger partial charge in [0.05, 0.1) is 4.90 Å². The first kappa shape index (κ1) is 17.8. The zero-order valence-electron chi connectivity index (χ0n) is 13.9. The Kier molecular flexibility index (Phi) is 4.63. The summed E-state index contributed by atoms with van der Waals surface area (Å²) in [6, 6.07) is 9.53. The molecule has 0 atom stereocenters. The maximum atomic E-state index is 12.5. The van der Waals surface area contributed by atoms with Crippen LogP contribution < -0.4 is 10.3 Å². The Morgan fingerprint density at radius 2 is 1.92 bits per heavy atom. The lowest BCUT2D eigenvalue weighted by molar-refractivity contribution is 0.601. The minimum absolute atomic E-state index is 0.0507. The predicted molar refractivity (Wildman–Crippen MR) is 99.2 cm³/mol. The van der Waals surface area contributed by atoms with Crippen LogP contribution >= 0.6 is 11.3 Å². The number of rotatable bonds is 4. The van der Waals surface area contributed by atoms with Gasteiger partial charge in [0.15, 0.2) is 5.13 Å². The van der Waals surface area contributed by atoms with E-state index in [4.69, 9.17) is 0 Å². The molecular formula is C17H14N4O3S2. The molecule has 0 radical (unpaired) electrons. The topological polar surface area (TPSA) is 105 Å². The molecule has 0 unspecified atom stereocenters. The summed E-state index contributed by atoms with van der Waals surface area (Å²) in [7, 11) is -3.76. The van der Waals surface area contributed by atoms with Crippen molar-refractivity contribution >= 4 is 26.5 Å². The maximum absolute atomic E-state index is 12.5. The zero-order valence-corrected chi connectivity index (χ0v) is 15.6. The number of aryl methyl sites for hydroxylation is 2. The molecule has 0 saturated heterocycles. The Morgan fingerprint density at radius 3 is 2.50 bits per heavy atom. The van der Waals surface area contributed by atoms with Gasteiger partial charge in [0.25, 0.3) is 15.6 Å². The van der Waals surface area contributed by atoms with Gasteiger partial charge in [-0.3, -0.25) is 14.1 Å². The highest BCUT2D eigenvalue weighted by Crippen LogP contribution is 2.20. The number of nitrogens with one attached hydrogen (secondary N) is 1. The van der Waals surface area contributed by atoms with Crippen molar-refractivity contribution in [3.63, 3.8) is 0 Å². The lowest BCUT2D eigenvalue weighted by Gasteiger charge is -2.13. The Labute approximate surface area is 154 Å². The van der Waals surface area contributed by atoms with Crippen molar-refractivity contribution < 1.29 is 8.42 Å². The average molecular weight is 386 g/mol. The van der Waals surface area contributed by atoms with Crippen LogP contribution in [-0.2, 0) is 10.0 Å². The molecule has 132 valence electrons. The number of anilines is 1. The van der Waals surface area contributed by atoms with Crippen LogP contribution in [0.2, 0.25) is 0 Å². The normalized spacial score (nSPS) is 11.1. The largest absolute Gasteiger partial charge is 0.280 e. The van der Waals surface area contributed by atoms with Crippen LogP contribution in [0.25, 0.3) is 5.69 Å². The highest BCUT2D eigenvalue weighted by atomic mass is 32.2. The van der Waals surface area contributed by atoms with Crippen LogP contribution in [0.3, 0.4) is 0 Å². The van der Waals surface area contributed by atoms with E-state index in [1.165, 1.54) is 46.4 Å². The number of nitrogens with zero attached hydrogens (tertiary/aromatic N) is 3. The van der Waals surface area contributed by atoms with E-state index in [1.54, 1.807) is 25.3 Å². The van der Waals surface area contributed by atoms with Gasteiger partial charge in [-0.2, -0.15) is 5.26 Å². The number of hydrogen-bond acceptors (Lipinski definition) is 6. The van der Waals surface area contributed by atoms with Gasteiger partial charge in [-0.25, -0.2) is 13.4 Å². The smallest absolute Gasteiger partial charge is 0.273 e. The summed E-state index contributed by atoms with van der Waals surface area (Å²) < 4.78 is 28.5. The molecule has 2 heterocycles. The number of benzene rings is 1. The molecule has 0 amide bonds. The number of thiazole rings is 1. The summed E-state index contributed by atoms with van der Waals surface area (Å²) in [5.74, 6) is 0. The standard InChI is InChI=1S/C17H14N4O3S2/c1-11-9-12(2)21(16(22)15(11)10-18)13-3-5-14(6-4-13)26(23,24)20-17-19-7-8-25-17/h3-9H,1-2H3,(H,19,20). The van der Waals surface area contributed by atoms with E-state index in [2.05, 4.69) is 9.71 Å². The van der Waals surface area contributed by atoms with E-state index in [0.29, 0.717) is 16.9 Å². The second kappa shape index (κ2) is 6.74. The van der Waals surface area contributed by atoms with Crippen molar-refractivity contribution in [2.24, 2.45) is 0 Å². The molecule has 1 aromatic carbocycles. The molecule has 0 aliphatic carbocycles. The summed E-state index contributed by atoms with van der Waals surface area (Å²) in [6.45, 7) is 3.46. The number of hydrogen-bond donors (Lipinski definition) is 1. The van der Waals surface area contributed by atoms with Gasteiger partial charge >= 0.3 is 0 Å². The molecule has 0 aliphatic heterocycles. The number of pyridine rings is 1. The molecule has 0 fully saturated rings. The summed E-state index contributed by atoms with van der Waals surface area (Å²) in [6.07, 6.45) is 1.50. The van der Waals surface area contributed by atoms with Crippen molar-refractivity contribution in [3.8, 4) is 11.8 Å². The molecule has 3 rings (SSSR count). The van der Waals surface area contributed by atoms with Crippen LogP contribution in [0.5, 0.6) is 0 Å². The highest BCUT2D eigenvalue weighted by molar-refractivity contribution is 7.93. The first-order chi connectivity index (χ1) is 12.3. The average Bonchev–Trinajstić information content (AvgIpc) is 3.07. The second-order valence-corrected chi connectivity index (χ2v) is 8.11. The minimum atomic E-state index is -3.76. The first-order valence-corrected chi connectivity index (χ1v) is 9.86. The van der Waals surface area contributed by atoms with Gasteiger partial charge in [0, 0.05) is 23.0 Å². The third-order valence-electron chi connectivity index (χ3n) is 3.76. The van der Waals surface area contributed by atoms with E-state index >= 15 is 0 Å². The molecule has 0 aliphatic rings. The summed E-state index contributed by atoms with van der Waals surface area (Å²) in [4.78, 5) is 16.5. The molecule has 1 N–H and O–H groups in total. The summed E-state index contributed by atoms with van der Waals surface area (Å²) in [5.41, 5.74) is 1.39. The van der Waals surface area contributed by atoms with Crippen molar-refractivity contribution in [2.75, 3.05) is 4.72 Å². The van der Waals surface area contributed by atoms with Crippen molar-refractivity contribution in [3.05, 3.63) is 69.1 Å². The molecule has 26 heavy (non-hydrogen) atoms. The Bertz CT molecular complexity index is 1160. The fraction of sp³-hybridized carbons (Fsp3) is 0.118. The molecule has 0 bridgehead atoms. The van der Waals surface area contributed by atoms with E-state index in [9.17, 15) is 18.5 Å². The van der Waals surface area contributed by atoms with E-state index in [0.717, 1.165) is 0 Å². The molecule has 2 aromatic heterocycles. The monoisotopic (exact) mass is 386 g/mol. The van der Waals surface area contributed by atoms with Gasteiger partial charge in [-0.1, -0.05) is 0 Å². The van der Waals surface area contributed by atoms with Crippen molar-refractivity contribution in [1.82, 2.24) is 9.55 Å². The van der Waals surface area contributed by atoms with Crippen molar-refractivity contribution in [2.45, 2.75) is 18.7 Å². The van der Waals surface area contributed by atoms with Crippen LogP contribution in [0, 0.1) is 25.2 Å². The Hall–Kier alpha value is -2.96. The van der Waals surface area contributed by atoms with Gasteiger partial charge in [-0.05, 0) is 49.7 Å². The first-order valence-electron chi connectivity index (χ1n) is 7.49. The SMILES string of the molecule is Cc1cc(C)n(-c2ccc(S(=O)(=O)Nc3nccs3)cc2)c(=O)c1C#N. The number of nitriles is 1. The fourth-order valence-electron chi connectivity index (χ4n) is 2.57. The lowest BCUT2D eigenvalue weighted by Crippen LogP contribution is -2.24. The van der Waals surface area contributed by atoms with Gasteiger partial charge in [-0.15, -0.1) is 11.3 Å². The third-order valence-corrected chi connectivity index (χ3v) is 5.93. The van der Waals surface area contributed by atoms with Gasteiger partial charge in [0.2, 0.25) is 0 Å². The zero-order chi connectivity index (χ0) is 18.9. The molecule has 7 nitrogen and oxygen atoms in total. The molecule has 9 heteroatoms. The second-order valence-electron chi connectivity index (χ2n) is 5.53. The third kappa shape index (κ3) is 3.24. The van der Waals surface area contributed by atoms with Crippen LogP contribution in [0.15, 0.2) is 51.6 Å². The Balaban J connectivity index is 2.02. The molecular weight excluding hydrogens is 372 g/mol. The molecule has 0 saturated carbocycles. The van der Waals surface area contributed by atoms with Crippen LogP contribution in [0.1, 0.15) is 16.8 Å². The van der Waals surface area contributed by atoms with E-state index < -0.39 is 15.6 Å². The van der Waals surface area contributed by atoms with Crippen molar-refractivity contribution in [1.29, 1.82) is 5.26 Å². The van der Waals surface area contributed by atoms with Crippen LogP contribution in [0.4, 0.5) is 5.13 Å². The Morgan fingerprint density at radius 1 is 1.23 bits per heavy atom. The summed E-state index contributed by atoms with van der Waals surface area (Å²) in [5, 5.41) is 11.1. The van der Waals surface area contributed by atoms with Crippen LogP contribution in [-0.4, -0.2) is 18.0 Å². The minimum Gasteiger partial charge on any atom is -0.280 e. The number of aromatic nitrogens is 2. The summed E-state index contributed by atoms with van der Waals surface area (Å²) >= 11 is 1.18. The van der Waals surface area contributed by atoms with E-state index in [1.807, 2.05) is 6.07 Å². The number of sulfonamides is 1. The van der Waals surface area contributed by atoms with E-state index in [-0.39, 0.29) is 15.6 Å². The highest BCUT2D eigenvalue weighted by Gasteiger charge is 2.17. The quantitative estimate of drug-likeness (QED) is 0.742. The van der Waals surface area contributed by atoms with Gasteiger partial charge < -0.3 is 0 Å². The van der Waals surface area contributed by atoms with Gasteiger partial charge in [0.1, 0.15) is 11.6 Å².